The average molecular weight is 234 g/mol. The lowest BCUT2D eigenvalue weighted by Gasteiger charge is -2.15. The molecule has 0 saturated carbocycles. The van der Waals surface area contributed by atoms with E-state index in [-0.39, 0.29) is 23.6 Å². The van der Waals surface area contributed by atoms with Gasteiger partial charge >= 0.3 is 0 Å². The SMILES string of the molecule is CC(C)C(=O)CS(=O)(=O)C1CCOC1C. The van der Waals surface area contributed by atoms with Crippen LogP contribution in [0.15, 0.2) is 0 Å². The third-order valence-electron chi connectivity index (χ3n) is 2.76. The van der Waals surface area contributed by atoms with E-state index < -0.39 is 15.1 Å². The Labute approximate surface area is 90.9 Å². The largest absolute Gasteiger partial charge is 0.377 e. The fourth-order valence-corrected chi connectivity index (χ4v) is 3.72. The summed E-state index contributed by atoms with van der Waals surface area (Å²) in [4.78, 5) is 11.4. The van der Waals surface area contributed by atoms with Gasteiger partial charge in [0.1, 0.15) is 11.5 Å². The minimum Gasteiger partial charge on any atom is -0.377 e. The molecule has 1 aliphatic heterocycles. The molecule has 0 radical (unpaired) electrons. The number of carbonyl (C=O) groups excluding carboxylic acids is 1. The summed E-state index contributed by atoms with van der Waals surface area (Å²) in [5, 5.41) is -0.500. The van der Waals surface area contributed by atoms with Crippen molar-refractivity contribution in [3.63, 3.8) is 0 Å². The van der Waals surface area contributed by atoms with Gasteiger partial charge in [0, 0.05) is 12.5 Å². The maximum absolute atomic E-state index is 11.9. The Morgan fingerprint density at radius 3 is 2.47 bits per heavy atom. The van der Waals surface area contributed by atoms with E-state index in [2.05, 4.69) is 0 Å². The summed E-state index contributed by atoms with van der Waals surface area (Å²) in [7, 11) is -3.33. The molecule has 0 amide bonds. The summed E-state index contributed by atoms with van der Waals surface area (Å²) in [6.45, 7) is 5.65. The molecule has 15 heavy (non-hydrogen) atoms. The van der Waals surface area contributed by atoms with Gasteiger partial charge in [-0.3, -0.25) is 4.79 Å². The van der Waals surface area contributed by atoms with Gasteiger partial charge in [-0.05, 0) is 13.3 Å². The molecule has 2 atom stereocenters. The molecule has 1 saturated heterocycles. The van der Waals surface area contributed by atoms with Crippen molar-refractivity contribution < 1.29 is 17.9 Å². The van der Waals surface area contributed by atoms with Crippen molar-refractivity contribution in [1.82, 2.24) is 0 Å². The lowest BCUT2D eigenvalue weighted by atomic mass is 10.1. The molecule has 0 aromatic heterocycles. The Kier molecular flexibility index (Phi) is 3.89. The minimum absolute atomic E-state index is 0.214. The first kappa shape index (κ1) is 12.6. The first-order chi connectivity index (χ1) is 6.84. The van der Waals surface area contributed by atoms with Crippen LogP contribution in [0.3, 0.4) is 0 Å². The van der Waals surface area contributed by atoms with Gasteiger partial charge in [0.15, 0.2) is 9.84 Å². The van der Waals surface area contributed by atoms with Crippen LogP contribution in [0.4, 0.5) is 0 Å². The van der Waals surface area contributed by atoms with E-state index in [4.69, 9.17) is 4.74 Å². The van der Waals surface area contributed by atoms with Crippen LogP contribution in [-0.4, -0.2) is 37.9 Å². The molecule has 0 aliphatic carbocycles. The summed E-state index contributed by atoms with van der Waals surface area (Å²) >= 11 is 0. The van der Waals surface area contributed by atoms with Crippen LogP contribution >= 0.6 is 0 Å². The lowest BCUT2D eigenvalue weighted by Crippen LogP contribution is -2.34. The Balaban J connectivity index is 2.71. The number of ketones is 1. The van der Waals surface area contributed by atoms with E-state index in [1.807, 2.05) is 0 Å². The van der Waals surface area contributed by atoms with Gasteiger partial charge in [-0.25, -0.2) is 8.42 Å². The quantitative estimate of drug-likeness (QED) is 0.722. The lowest BCUT2D eigenvalue weighted by molar-refractivity contribution is -0.119. The molecular formula is C10H18O4S. The van der Waals surface area contributed by atoms with Gasteiger partial charge in [0.05, 0.1) is 11.4 Å². The van der Waals surface area contributed by atoms with Crippen LogP contribution in [0.1, 0.15) is 27.2 Å². The smallest absolute Gasteiger partial charge is 0.162 e. The molecule has 4 nitrogen and oxygen atoms in total. The summed E-state index contributed by atoms with van der Waals surface area (Å²) < 4.78 is 28.9. The molecule has 88 valence electrons. The molecule has 0 aromatic carbocycles. The summed E-state index contributed by atoms with van der Waals surface area (Å²) in [5.74, 6) is -0.783. The second-order valence-corrected chi connectivity index (χ2v) is 6.55. The second-order valence-electron chi connectivity index (χ2n) is 4.33. The monoisotopic (exact) mass is 234 g/mol. The van der Waals surface area contributed by atoms with Crippen molar-refractivity contribution in [3.05, 3.63) is 0 Å². The third-order valence-corrected chi connectivity index (χ3v) is 4.98. The molecule has 1 fully saturated rings. The number of carbonyl (C=O) groups is 1. The number of sulfone groups is 1. The Hall–Kier alpha value is -0.420. The highest BCUT2D eigenvalue weighted by Crippen LogP contribution is 2.21. The first-order valence-electron chi connectivity index (χ1n) is 5.20. The van der Waals surface area contributed by atoms with Gasteiger partial charge in [-0.2, -0.15) is 0 Å². The zero-order valence-electron chi connectivity index (χ0n) is 9.39. The fraction of sp³-hybridized carbons (Fsp3) is 0.900. The van der Waals surface area contributed by atoms with Gasteiger partial charge in [0.25, 0.3) is 0 Å². The van der Waals surface area contributed by atoms with Crippen molar-refractivity contribution in [2.75, 3.05) is 12.4 Å². The van der Waals surface area contributed by atoms with Crippen molar-refractivity contribution in [2.24, 2.45) is 5.92 Å². The summed E-state index contributed by atoms with van der Waals surface area (Å²) in [6, 6.07) is 0. The zero-order chi connectivity index (χ0) is 11.6. The highest BCUT2D eigenvalue weighted by molar-refractivity contribution is 7.92. The van der Waals surface area contributed by atoms with Crippen LogP contribution in [0.2, 0.25) is 0 Å². The van der Waals surface area contributed by atoms with Crippen molar-refractivity contribution in [3.8, 4) is 0 Å². The molecule has 2 unspecified atom stereocenters. The Morgan fingerprint density at radius 1 is 1.47 bits per heavy atom. The number of hydrogen-bond acceptors (Lipinski definition) is 4. The average Bonchev–Trinajstić information content (AvgIpc) is 2.50. The number of ether oxygens (including phenoxy) is 1. The van der Waals surface area contributed by atoms with E-state index in [9.17, 15) is 13.2 Å². The number of hydrogen-bond donors (Lipinski definition) is 0. The summed E-state index contributed by atoms with van der Waals surface area (Å²) in [5.41, 5.74) is 0. The van der Waals surface area contributed by atoms with Crippen molar-refractivity contribution >= 4 is 15.6 Å². The predicted molar refractivity (Wildman–Crippen MR) is 57.5 cm³/mol. The third kappa shape index (κ3) is 3.01. The van der Waals surface area contributed by atoms with E-state index in [1.165, 1.54) is 0 Å². The van der Waals surface area contributed by atoms with E-state index in [1.54, 1.807) is 20.8 Å². The first-order valence-corrected chi connectivity index (χ1v) is 6.92. The highest BCUT2D eigenvalue weighted by Gasteiger charge is 2.37. The molecule has 1 heterocycles. The molecular weight excluding hydrogens is 216 g/mol. The van der Waals surface area contributed by atoms with Gasteiger partial charge in [-0.1, -0.05) is 13.8 Å². The molecule has 0 N–H and O–H groups in total. The van der Waals surface area contributed by atoms with Gasteiger partial charge in [0.2, 0.25) is 0 Å². The van der Waals surface area contributed by atoms with Crippen molar-refractivity contribution in [1.29, 1.82) is 0 Å². The standard InChI is InChI=1S/C10H18O4S/c1-7(2)9(11)6-15(12,13)10-4-5-14-8(10)3/h7-8,10H,4-6H2,1-3H3. The Bertz CT molecular complexity index is 331. The number of rotatable bonds is 4. The topological polar surface area (TPSA) is 60.4 Å². The Morgan fingerprint density at radius 2 is 2.07 bits per heavy atom. The number of Topliss-reactive ketones (excluding diaryl/α,β-unsaturated/α-hetero) is 1. The van der Waals surface area contributed by atoms with E-state index in [0.29, 0.717) is 13.0 Å². The van der Waals surface area contributed by atoms with Crippen LogP contribution in [0.25, 0.3) is 0 Å². The predicted octanol–water partition coefficient (Wildman–Crippen LogP) is 0.804. The molecule has 0 aromatic rings. The molecule has 1 rings (SSSR count). The molecule has 0 spiro atoms. The second kappa shape index (κ2) is 4.61. The highest BCUT2D eigenvalue weighted by atomic mass is 32.2. The maximum Gasteiger partial charge on any atom is 0.162 e. The fourth-order valence-electron chi connectivity index (χ4n) is 1.66. The maximum atomic E-state index is 11.9. The zero-order valence-corrected chi connectivity index (χ0v) is 10.2. The van der Waals surface area contributed by atoms with Crippen LogP contribution in [0.5, 0.6) is 0 Å². The van der Waals surface area contributed by atoms with E-state index in [0.717, 1.165) is 0 Å². The van der Waals surface area contributed by atoms with Gasteiger partial charge < -0.3 is 4.74 Å². The van der Waals surface area contributed by atoms with Gasteiger partial charge in [-0.15, -0.1) is 0 Å². The van der Waals surface area contributed by atoms with Crippen LogP contribution in [-0.2, 0) is 19.4 Å². The summed E-state index contributed by atoms with van der Waals surface area (Å²) in [6.07, 6.45) is 0.226. The van der Waals surface area contributed by atoms with Crippen LogP contribution < -0.4 is 0 Å². The van der Waals surface area contributed by atoms with Crippen molar-refractivity contribution in [2.45, 2.75) is 38.5 Å². The van der Waals surface area contributed by atoms with E-state index >= 15 is 0 Å². The molecule has 5 heteroatoms. The minimum atomic E-state index is -3.33. The molecule has 1 aliphatic rings. The normalized spacial score (nSPS) is 27.2. The van der Waals surface area contributed by atoms with Crippen LogP contribution in [0, 0.1) is 5.92 Å². The molecule has 0 bridgehead atoms.